The molecular formula is C16H12NO6+. The smallest absolute Gasteiger partial charge is 0.497 e. The number of nitro benzene ring substituents is 1. The molecule has 0 aliphatic heterocycles. The SMILES string of the molecule is COc1ccc(-c2oc(-c3ccc([N+](=O)[O-])cc3)c(O)[o+]2)cc1. The summed E-state index contributed by atoms with van der Waals surface area (Å²) in [7, 11) is 1.56. The van der Waals surface area contributed by atoms with Gasteiger partial charge in [-0.05, 0) is 36.4 Å². The van der Waals surface area contributed by atoms with Crippen molar-refractivity contribution >= 4 is 5.69 Å². The summed E-state index contributed by atoms with van der Waals surface area (Å²) in [6.07, 6.45) is 0. The molecule has 0 bridgehead atoms. The Morgan fingerprint density at radius 3 is 2.26 bits per heavy atom. The Balaban J connectivity index is 1.95. The zero-order chi connectivity index (χ0) is 16.4. The molecule has 0 saturated heterocycles. The molecule has 7 nitrogen and oxygen atoms in total. The van der Waals surface area contributed by atoms with Gasteiger partial charge in [-0.2, -0.15) is 0 Å². The van der Waals surface area contributed by atoms with Crippen LogP contribution < -0.4 is 4.74 Å². The van der Waals surface area contributed by atoms with Crippen LogP contribution >= 0.6 is 0 Å². The Labute approximate surface area is 130 Å². The Kier molecular flexibility index (Phi) is 3.68. The first-order valence-corrected chi connectivity index (χ1v) is 6.63. The minimum Gasteiger partial charge on any atom is -0.497 e. The summed E-state index contributed by atoms with van der Waals surface area (Å²) in [5.74, 6) is 0.508. The molecule has 7 heteroatoms. The van der Waals surface area contributed by atoms with Crippen LogP contribution in [0.4, 0.5) is 5.69 Å². The molecule has 0 spiro atoms. The number of non-ortho nitro benzene ring substituents is 1. The molecule has 2 aromatic carbocycles. The fraction of sp³-hybridized carbons (Fsp3) is 0.0625. The molecule has 3 rings (SSSR count). The first-order chi connectivity index (χ1) is 11.1. The second-order valence-corrected chi connectivity index (χ2v) is 4.66. The van der Waals surface area contributed by atoms with Gasteiger partial charge in [0.05, 0.1) is 17.6 Å². The molecule has 0 saturated carbocycles. The molecule has 116 valence electrons. The summed E-state index contributed by atoms with van der Waals surface area (Å²) in [5.41, 5.74) is 1.04. The molecule has 3 aromatic rings. The highest BCUT2D eigenvalue weighted by Crippen LogP contribution is 2.37. The van der Waals surface area contributed by atoms with Gasteiger partial charge in [0.15, 0.2) is 0 Å². The van der Waals surface area contributed by atoms with E-state index in [1.54, 1.807) is 31.4 Å². The van der Waals surface area contributed by atoms with E-state index in [-0.39, 0.29) is 17.4 Å². The first-order valence-electron chi connectivity index (χ1n) is 6.63. The predicted molar refractivity (Wildman–Crippen MR) is 81.1 cm³/mol. The van der Waals surface area contributed by atoms with Crippen LogP contribution in [0.2, 0.25) is 0 Å². The standard InChI is InChI=1S/C16H11NO6/c1-21-13-8-4-11(5-9-13)16-22-14(15(18)23-16)10-2-6-12(7-3-10)17(19)20/h2-9H,1H3/p+1. The number of methoxy groups -OCH3 is 1. The van der Waals surface area contributed by atoms with Gasteiger partial charge in [0, 0.05) is 17.7 Å². The van der Waals surface area contributed by atoms with E-state index in [4.69, 9.17) is 13.6 Å². The maximum Gasteiger partial charge on any atom is 0.509 e. The van der Waals surface area contributed by atoms with Gasteiger partial charge in [0.2, 0.25) is 0 Å². The van der Waals surface area contributed by atoms with Crippen molar-refractivity contribution in [1.82, 2.24) is 0 Å². The van der Waals surface area contributed by atoms with Crippen LogP contribution in [0, 0.1) is 10.1 Å². The normalized spacial score (nSPS) is 10.5. The van der Waals surface area contributed by atoms with Crippen LogP contribution in [-0.4, -0.2) is 17.1 Å². The number of rotatable bonds is 4. The minimum absolute atomic E-state index is 0.0490. The van der Waals surface area contributed by atoms with E-state index in [2.05, 4.69) is 0 Å². The van der Waals surface area contributed by atoms with Crippen molar-refractivity contribution in [1.29, 1.82) is 0 Å². The average molecular weight is 314 g/mol. The number of nitrogens with zero attached hydrogens (tertiary/aromatic N) is 1. The fourth-order valence-corrected chi connectivity index (χ4v) is 2.05. The van der Waals surface area contributed by atoms with Crippen molar-refractivity contribution in [2.24, 2.45) is 0 Å². The zero-order valence-electron chi connectivity index (χ0n) is 12.1. The van der Waals surface area contributed by atoms with Crippen molar-refractivity contribution < 1.29 is 23.6 Å². The number of hydrogen-bond donors (Lipinski definition) is 1. The van der Waals surface area contributed by atoms with E-state index >= 15 is 0 Å². The molecule has 0 atom stereocenters. The third-order valence-electron chi connectivity index (χ3n) is 3.24. The number of aromatic hydroxyl groups is 1. The van der Waals surface area contributed by atoms with Crippen LogP contribution in [0.15, 0.2) is 57.4 Å². The third kappa shape index (κ3) is 2.84. The summed E-state index contributed by atoms with van der Waals surface area (Å²) in [6.45, 7) is 0. The van der Waals surface area contributed by atoms with E-state index in [1.165, 1.54) is 24.3 Å². The van der Waals surface area contributed by atoms with Crippen LogP contribution in [0.1, 0.15) is 0 Å². The van der Waals surface area contributed by atoms with Crippen LogP contribution in [0.5, 0.6) is 11.7 Å². The minimum atomic E-state index is -0.501. The van der Waals surface area contributed by atoms with E-state index in [9.17, 15) is 15.2 Å². The van der Waals surface area contributed by atoms with Gasteiger partial charge in [0.25, 0.3) is 5.69 Å². The lowest BCUT2D eigenvalue weighted by Gasteiger charge is -1.97. The van der Waals surface area contributed by atoms with Crippen LogP contribution in [-0.2, 0) is 0 Å². The number of ether oxygens (including phenoxy) is 1. The Morgan fingerprint density at radius 2 is 1.70 bits per heavy atom. The first kappa shape index (κ1) is 14.6. The summed E-state index contributed by atoms with van der Waals surface area (Å²) in [6, 6.07) is 12.5. The summed E-state index contributed by atoms with van der Waals surface area (Å²) in [5, 5.41) is 20.6. The average Bonchev–Trinajstić information content (AvgIpc) is 2.97. The lowest BCUT2D eigenvalue weighted by molar-refractivity contribution is -0.384. The Morgan fingerprint density at radius 1 is 1.09 bits per heavy atom. The maximum absolute atomic E-state index is 10.7. The van der Waals surface area contributed by atoms with Gasteiger partial charge in [-0.3, -0.25) is 14.5 Å². The summed E-state index contributed by atoms with van der Waals surface area (Å²) < 4.78 is 15.8. The van der Waals surface area contributed by atoms with Crippen LogP contribution in [0.3, 0.4) is 0 Å². The molecule has 23 heavy (non-hydrogen) atoms. The third-order valence-corrected chi connectivity index (χ3v) is 3.24. The van der Waals surface area contributed by atoms with Gasteiger partial charge in [-0.25, -0.2) is 0 Å². The van der Waals surface area contributed by atoms with Gasteiger partial charge >= 0.3 is 17.7 Å². The van der Waals surface area contributed by atoms with Crippen molar-refractivity contribution in [3.8, 4) is 34.5 Å². The number of nitro groups is 1. The van der Waals surface area contributed by atoms with E-state index < -0.39 is 10.9 Å². The Bertz CT molecular complexity index is 836. The van der Waals surface area contributed by atoms with Gasteiger partial charge < -0.3 is 14.3 Å². The van der Waals surface area contributed by atoms with E-state index in [0.717, 1.165) is 0 Å². The molecule has 0 radical (unpaired) electrons. The van der Waals surface area contributed by atoms with Gasteiger partial charge in [-0.1, -0.05) is 0 Å². The molecule has 0 amide bonds. The quantitative estimate of drug-likeness (QED) is 0.442. The predicted octanol–water partition coefficient (Wildman–Crippen LogP) is 4.11. The van der Waals surface area contributed by atoms with E-state index in [1.807, 2.05) is 0 Å². The highest BCUT2D eigenvalue weighted by Gasteiger charge is 2.27. The molecular weight excluding hydrogens is 302 g/mol. The fourth-order valence-electron chi connectivity index (χ4n) is 2.05. The maximum atomic E-state index is 10.7. The van der Waals surface area contributed by atoms with Crippen molar-refractivity contribution in [2.45, 2.75) is 0 Å². The highest BCUT2D eigenvalue weighted by molar-refractivity contribution is 5.65. The monoisotopic (exact) mass is 314 g/mol. The number of benzene rings is 2. The van der Waals surface area contributed by atoms with E-state index in [0.29, 0.717) is 16.9 Å². The molecule has 1 aromatic heterocycles. The van der Waals surface area contributed by atoms with Gasteiger partial charge in [-0.15, -0.1) is 0 Å². The lowest BCUT2D eigenvalue weighted by atomic mass is 10.2. The summed E-state index contributed by atoms with van der Waals surface area (Å²) >= 11 is 0. The van der Waals surface area contributed by atoms with Crippen molar-refractivity contribution in [3.63, 3.8) is 0 Å². The number of hydrogen-bond acceptors (Lipinski definition) is 5. The lowest BCUT2D eigenvalue weighted by Crippen LogP contribution is -1.86. The molecule has 0 aliphatic rings. The van der Waals surface area contributed by atoms with Crippen molar-refractivity contribution in [2.75, 3.05) is 7.11 Å². The summed E-state index contributed by atoms with van der Waals surface area (Å²) in [4.78, 5) is 10.2. The second kappa shape index (κ2) is 5.80. The second-order valence-electron chi connectivity index (χ2n) is 4.66. The van der Waals surface area contributed by atoms with Crippen LogP contribution in [0.25, 0.3) is 22.8 Å². The molecule has 1 heterocycles. The molecule has 0 fully saturated rings. The molecule has 1 N–H and O–H groups in total. The Hall–Kier alpha value is -3.35. The molecule has 0 aliphatic carbocycles. The zero-order valence-corrected chi connectivity index (χ0v) is 12.1. The topological polar surface area (TPSA) is 97.0 Å². The van der Waals surface area contributed by atoms with Gasteiger partial charge in [0.1, 0.15) is 5.75 Å². The van der Waals surface area contributed by atoms with Crippen molar-refractivity contribution in [3.05, 3.63) is 58.6 Å². The highest BCUT2D eigenvalue weighted by atomic mass is 16.6. The molecule has 0 unspecified atom stereocenters. The largest absolute Gasteiger partial charge is 0.509 e.